The molecule has 0 saturated carbocycles. The van der Waals surface area contributed by atoms with Crippen LogP contribution in [-0.4, -0.2) is 16.1 Å². The van der Waals surface area contributed by atoms with Gasteiger partial charge in [0.2, 0.25) is 5.41 Å². The molecule has 2 rings (SSSR count). The molecule has 1 aromatic heterocycles. The summed E-state index contributed by atoms with van der Waals surface area (Å²) in [6, 6.07) is 11.3. The first kappa shape index (κ1) is 12.2. The van der Waals surface area contributed by atoms with Gasteiger partial charge in [-0.2, -0.15) is 5.26 Å². The first-order chi connectivity index (χ1) is 8.61. The predicted molar refractivity (Wildman–Crippen MR) is 66.3 cm³/mol. The van der Waals surface area contributed by atoms with Gasteiger partial charge in [-0.3, -0.25) is 0 Å². The van der Waals surface area contributed by atoms with Crippen molar-refractivity contribution in [3.8, 4) is 6.07 Å². The molecular formula is C13H9ClN2O2. The zero-order valence-electron chi connectivity index (χ0n) is 9.22. The highest BCUT2D eigenvalue weighted by Crippen LogP contribution is 2.31. The minimum Gasteiger partial charge on any atom is -0.480 e. The Bertz CT molecular complexity index is 599. The first-order valence-corrected chi connectivity index (χ1v) is 5.53. The highest BCUT2D eigenvalue weighted by molar-refractivity contribution is 6.30. The van der Waals surface area contributed by atoms with Crippen LogP contribution in [0, 0.1) is 11.3 Å². The number of carboxylic acids is 1. The van der Waals surface area contributed by atoms with Gasteiger partial charge < -0.3 is 10.1 Å². The summed E-state index contributed by atoms with van der Waals surface area (Å²) in [6.07, 6.45) is 1.58. The zero-order valence-corrected chi connectivity index (χ0v) is 9.98. The molecule has 0 radical (unpaired) electrons. The van der Waals surface area contributed by atoms with E-state index < -0.39 is 11.4 Å². The molecule has 0 spiro atoms. The van der Waals surface area contributed by atoms with Gasteiger partial charge in [0.25, 0.3) is 0 Å². The number of nitriles is 1. The number of aromatic amines is 1. The van der Waals surface area contributed by atoms with E-state index in [0.29, 0.717) is 16.3 Å². The monoisotopic (exact) mass is 260 g/mol. The van der Waals surface area contributed by atoms with E-state index in [1.54, 1.807) is 42.6 Å². The zero-order chi connectivity index (χ0) is 13.2. The number of rotatable bonds is 3. The second kappa shape index (κ2) is 4.55. The van der Waals surface area contributed by atoms with E-state index in [1.807, 2.05) is 6.07 Å². The third-order valence-electron chi connectivity index (χ3n) is 2.77. The molecular weight excluding hydrogens is 252 g/mol. The van der Waals surface area contributed by atoms with Crippen molar-refractivity contribution in [2.75, 3.05) is 0 Å². The molecule has 0 bridgehead atoms. The second-order valence-corrected chi connectivity index (χ2v) is 4.19. The van der Waals surface area contributed by atoms with Crippen LogP contribution in [-0.2, 0) is 10.2 Å². The largest absolute Gasteiger partial charge is 0.480 e. The number of aromatic nitrogens is 1. The van der Waals surface area contributed by atoms with Crippen LogP contribution in [0.1, 0.15) is 11.3 Å². The number of nitrogens with zero attached hydrogens (tertiary/aromatic N) is 1. The van der Waals surface area contributed by atoms with Crippen molar-refractivity contribution in [2.45, 2.75) is 5.41 Å². The molecule has 0 saturated heterocycles. The van der Waals surface area contributed by atoms with Gasteiger partial charge in [0, 0.05) is 11.2 Å². The van der Waals surface area contributed by atoms with Crippen LogP contribution in [0.2, 0.25) is 5.02 Å². The van der Waals surface area contributed by atoms with Crippen LogP contribution in [0.25, 0.3) is 0 Å². The van der Waals surface area contributed by atoms with Crippen LogP contribution in [0.5, 0.6) is 0 Å². The number of aliphatic carboxylic acids is 1. The van der Waals surface area contributed by atoms with Crippen LogP contribution in [0.3, 0.4) is 0 Å². The Morgan fingerprint density at radius 1 is 1.33 bits per heavy atom. The van der Waals surface area contributed by atoms with Gasteiger partial charge in [0.15, 0.2) is 0 Å². The Labute approximate surface area is 108 Å². The fraction of sp³-hybridized carbons (Fsp3) is 0.0769. The number of H-pyrrole nitrogens is 1. The molecule has 2 N–H and O–H groups in total. The van der Waals surface area contributed by atoms with Crippen LogP contribution >= 0.6 is 11.6 Å². The van der Waals surface area contributed by atoms with Gasteiger partial charge in [-0.05, 0) is 29.8 Å². The minimum absolute atomic E-state index is 0.319. The molecule has 1 unspecified atom stereocenters. The molecule has 90 valence electrons. The molecule has 18 heavy (non-hydrogen) atoms. The maximum atomic E-state index is 11.6. The van der Waals surface area contributed by atoms with E-state index in [1.165, 1.54) is 0 Å². The molecule has 0 aliphatic heterocycles. The Kier molecular flexibility index (Phi) is 3.09. The maximum Gasteiger partial charge on any atom is 0.334 e. The standard InChI is InChI=1S/C13H9ClN2O2/c14-10-5-3-9(4-6-10)13(8-15,12(17)18)11-2-1-7-16-11/h1-7,16H,(H,17,18). The van der Waals surface area contributed by atoms with E-state index in [9.17, 15) is 15.2 Å². The van der Waals surface area contributed by atoms with Gasteiger partial charge in [-0.15, -0.1) is 0 Å². The summed E-state index contributed by atoms with van der Waals surface area (Å²) in [5.74, 6) is -1.23. The molecule has 0 aliphatic rings. The summed E-state index contributed by atoms with van der Waals surface area (Å²) in [7, 11) is 0. The van der Waals surface area contributed by atoms with Crippen LogP contribution in [0.4, 0.5) is 0 Å². The van der Waals surface area contributed by atoms with E-state index in [-0.39, 0.29) is 0 Å². The number of hydrogen-bond acceptors (Lipinski definition) is 2. The Hall–Kier alpha value is -2.25. The van der Waals surface area contributed by atoms with Gasteiger partial charge in [-0.1, -0.05) is 23.7 Å². The minimum atomic E-state index is -1.74. The average Bonchev–Trinajstić information content (AvgIpc) is 2.87. The normalized spacial score (nSPS) is 13.6. The molecule has 1 heterocycles. The van der Waals surface area contributed by atoms with Crippen molar-refractivity contribution < 1.29 is 9.90 Å². The third-order valence-corrected chi connectivity index (χ3v) is 3.02. The number of carboxylic acid groups (broad SMARTS) is 1. The van der Waals surface area contributed by atoms with Gasteiger partial charge in [0.1, 0.15) is 0 Å². The van der Waals surface area contributed by atoms with Crippen molar-refractivity contribution in [2.24, 2.45) is 0 Å². The van der Waals surface area contributed by atoms with Crippen molar-refractivity contribution >= 4 is 17.6 Å². The van der Waals surface area contributed by atoms with Crippen molar-refractivity contribution in [3.63, 3.8) is 0 Å². The first-order valence-electron chi connectivity index (χ1n) is 5.16. The summed E-state index contributed by atoms with van der Waals surface area (Å²) < 4.78 is 0. The molecule has 5 heteroatoms. The van der Waals surface area contributed by atoms with E-state index in [0.717, 1.165) is 0 Å². The lowest BCUT2D eigenvalue weighted by atomic mass is 9.79. The highest BCUT2D eigenvalue weighted by Gasteiger charge is 2.43. The number of hydrogen-bond donors (Lipinski definition) is 2. The lowest BCUT2D eigenvalue weighted by Crippen LogP contribution is -2.35. The number of benzene rings is 1. The maximum absolute atomic E-state index is 11.6. The quantitative estimate of drug-likeness (QED) is 0.890. The third kappa shape index (κ3) is 1.75. The fourth-order valence-corrected chi connectivity index (χ4v) is 1.96. The Morgan fingerprint density at radius 2 is 2.00 bits per heavy atom. The molecule has 0 fully saturated rings. The summed E-state index contributed by atoms with van der Waals surface area (Å²) in [5, 5.41) is 19.3. The fourth-order valence-electron chi connectivity index (χ4n) is 1.83. The van der Waals surface area contributed by atoms with Crippen LogP contribution in [0.15, 0.2) is 42.6 Å². The molecule has 0 aliphatic carbocycles. The lowest BCUT2D eigenvalue weighted by Gasteiger charge is -2.21. The van der Waals surface area contributed by atoms with Crippen molar-refractivity contribution in [1.82, 2.24) is 4.98 Å². The van der Waals surface area contributed by atoms with E-state index >= 15 is 0 Å². The molecule has 4 nitrogen and oxygen atoms in total. The predicted octanol–water partition coefficient (Wildman–Crippen LogP) is 2.56. The summed E-state index contributed by atoms with van der Waals surface area (Å²) >= 11 is 5.77. The van der Waals surface area contributed by atoms with E-state index in [4.69, 9.17) is 11.6 Å². The number of carbonyl (C=O) groups is 1. The van der Waals surface area contributed by atoms with Crippen molar-refractivity contribution in [3.05, 3.63) is 58.9 Å². The number of nitrogens with one attached hydrogen (secondary N) is 1. The summed E-state index contributed by atoms with van der Waals surface area (Å²) in [5.41, 5.74) is -1.06. The Morgan fingerprint density at radius 3 is 2.44 bits per heavy atom. The van der Waals surface area contributed by atoms with Crippen LogP contribution < -0.4 is 0 Å². The molecule has 1 aromatic carbocycles. The summed E-state index contributed by atoms with van der Waals surface area (Å²) in [4.78, 5) is 14.3. The second-order valence-electron chi connectivity index (χ2n) is 3.76. The molecule has 0 amide bonds. The van der Waals surface area contributed by atoms with Gasteiger partial charge >= 0.3 is 5.97 Å². The number of halogens is 1. The average molecular weight is 261 g/mol. The topological polar surface area (TPSA) is 76.9 Å². The van der Waals surface area contributed by atoms with Gasteiger partial charge in [0.05, 0.1) is 11.8 Å². The summed E-state index contributed by atoms with van der Waals surface area (Å²) in [6.45, 7) is 0. The van der Waals surface area contributed by atoms with Crippen molar-refractivity contribution in [1.29, 1.82) is 5.26 Å². The van der Waals surface area contributed by atoms with Gasteiger partial charge in [-0.25, -0.2) is 4.79 Å². The molecule has 1 atom stereocenters. The smallest absolute Gasteiger partial charge is 0.334 e. The Balaban J connectivity index is 2.67. The van der Waals surface area contributed by atoms with E-state index in [2.05, 4.69) is 4.98 Å². The SMILES string of the molecule is N#CC(C(=O)O)(c1ccc(Cl)cc1)c1ccc[nH]1. The lowest BCUT2D eigenvalue weighted by molar-refractivity contribution is -0.140. The molecule has 2 aromatic rings. The highest BCUT2D eigenvalue weighted by atomic mass is 35.5.